The minimum absolute atomic E-state index is 0.142. The number of carboxylic acids is 1. The second kappa shape index (κ2) is 9.42. The summed E-state index contributed by atoms with van der Waals surface area (Å²) >= 11 is 0. The van der Waals surface area contributed by atoms with Gasteiger partial charge in [-0.2, -0.15) is 0 Å². The van der Waals surface area contributed by atoms with Crippen molar-refractivity contribution < 1.29 is 28.6 Å². The lowest BCUT2D eigenvalue weighted by Gasteiger charge is -2.17. The smallest absolute Gasteiger partial charge is 0.341 e. The number of benzene rings is 1. The number of carboxylic acid groups (broad SMARTS) is 1. The first-order chi connectivity index (χ1) is 12.9. The van der Waals surface area contributed by atoms with Gasteiger partial charge in [0.2, 0.25) is 5.91 Å². The van der Waals surface area contributed by atoms with E-state index in [0.29, 0.717) is 18.5 Å². The van der Waals surface area contributed by atoms with Gasteiger partial charge in [0.05, 0.1) is 12.0 Å². The number of nitrogens with one attached hydrogen (secondary N) is 2. The molecular weight excluding hydrogens is 352 g/mol. The second-order valence-corrected chi connectivity index (χ2v) is 5.83. The third kappa shape index (κ3) is 5.60. The highest BCUT2D eigenvalue weighted by atomic mass is 16.5. The number of hydrogen-bond acceptors (Lipinski definition) is 5. The van der Waals surface area contributed by atoms with Crippen molar-refractivity contribution in [1.82, 2.24) is 0 Å². The average Bonchev–Trinajstić information content (AvgIpc) is 3.17. The molecule has 0 atom stereocenters. The number of ether oxygens (including phenoxy) is 1. The Morgan fingerprint density at radius 1 is 1.15 bits per heavy atom. The number of carbonyl (C=O) groups is 3. The summed E-state index contributed by atoms with van der Waals surface area (Å²) in [6.07, 6.45) is 2.73. The van der Waals surface area contributed by atoms with Crippen molar-refractivity contribution in [2.24, 2.45) is 5.92 Å². The summed E-state index contributed by atoms with van der Waals surface area (Å²) < 4.78 is 10.3. The molecule has 0 aliphatic rings. The van der Waals surface area contributed by atoms with Gasteiger partial charge in [0.1, 0.15) is 5.75 Å². The molecule has 0 aliphatic heterocycles. The molecule has 0 fully saturated rings. The monoisotopic (exact) mass is 374 g/mol. The van der Waals surface area contributed by atoms with Crippen molar-refractivity contribution in [2.45, 2.75) is 26.7 Å². The number of hydrogen-bond donors (Lipinski definition) is 3. The molecule has 2 rings (SSSR count). The highest BCUT2D eigenvalue weighted by Gasteiger charge is 2.18. The van der Waals surface area contributed by atoms with Crippen LogP contribution in [0.1, 0.15) is 37.2 Å². The molecule has 144 valence electrons. The normalized spacial score (nSPS) is 10.5. The molecule has 2 amide bonds. The van der Waals surface area contributed by atoms with Crippen LogP contribution < -0.4 is 15.4 Å². The second-order valence-electron chi connectivity index (χ2n) is 5.83. The Morgan fingerprint density at radius 2 is 1.89 bits per heavy atom. The number of aliphatic carboxylic acids is 1. The molecule has 1 aromatic heterocycles. The molecule has 3 N–H and O–H groups in total. The molecule has 0 aliphatic carbocycles. The van der Waals surface area contributed by atoms with Crippen molar-refractivity contribution in [3.63, 3.8) is 0 Å². The van der Waals surface area contributed by atoms with E-state index in [0.717, 1.165) is 0 Å². The van der Waals surface area contributed by atoms with E-state index >= 15 is 0 Å². The largest absolute Gasteiger partial charge is 0.480 e. The van der Waals surface area contributed by atoms with Gasteiger partial charge in [-0.3, -0.25) is 9.59 Å². The van der Waals surface area contributed by atoms with Crippen LogP contribution in [0.4, 0.5) is 11.4 Å². The predicted molar refractivity (Wildman–Crippen MR) is 98.9 cm³/mol. The van der Waals surface area contributed by atoms with Crippen LogP contribution in [-0.2, 0) is 9.59 Å². The van der Waals surface area contributed by atoms with E-state index in [4.69, 9.17) is 14.3 Å². The molecule has 1 aromatic carbocycles. The number of carbonyl (C=O) groups excluding carboxylic acids is 2. The zero-order valence-electron chi connectivity index (χ0n) is 15.2. The summed E-state index contributed by atoms with van der Waals surface area (Å²) in [6.45, 7) is 3.27. The first kappa shape index (κ1) is 20.0. The van der Waals surface area contributed by atoms with Crippen LogP contribution in [0, 0.1) is 5.92 Å². The Labute approximate surface area is 156 Å². The molecule has 8 heteroatoms. The van der Waals surface area contributed by atoms with Crippen molar-refractivity contribution in [1.29, 1.82) is 0 Å². The summed E-state index contributed by atoms with van der Waals surface area (Å²) in [6, 6.07) is 7.67. The molecular formula is C19H22N2O6. The molecule has 8 nitrogen and oxygen atoms in total. The maximum absolute atomic E-state index is 12.4. The standard InChI is InChI=1S/C19H22N2O6/c1-3-12(4-2)18(24)21-14-10-13(7-8-15(14)27-11-17(22)23)20-19(25)16-6-5-9-26-16/h5-10,12H,3-4,11H2,1-2H3,(H,20,25)(H,21,24)(H,22,23). The van der Waals surface area contributed by atoms with E-state index in [9.17, 15) is 14.4 Å². The minimum Gasteiger partial charge on any atom is -0.480 e. The van der Waals surface area contributed by atoms with Crippen LogP contribution in [0.5, 0.6) is 5.75 Å². The number of furan rings is 1. The zero-order valence-corrected chi connectivity index (χ0v) is 15.2. The summed E-state index contributed by atoms with van der Waals surface area (Å²) in [7, 11) is 0. The van der Waals surface area contributed by atoms with Crippen LogP contribution in [0.25, 0.3) is 0 Å². The lowest BCUT2D eigenvalue weighted by molar-refractivity contribution is -0.139. The molecule has 0 spiro atoms. The van der Waals surface area contributed by atoms with Gasteiger partial charge in [-0.1, -0.05) is 13.8 Å². The maximum Gasteiger partial charge on any atom is 0.341 e. The Kier molecular flexibility index (Phi) is 6.99. The van der Waals surface area contributed by atoms with E-state index in [1.807, 2.05) is 13.8 Å². The third-order valence-electron chi connectivity index (χ3n) is 3.95. The van der Waals surface area contributed by atoms with E-state index in [-0.39, 0.29) is 29.0 Å². The number of amides is 2. The zero-order chi connectivity index (χ0) is 19.8. The minimum atomic E-state index is -1.14. The summed E-state index contributed by atoms with van der Waals surface area (Å²) in [5, 5.41) is 14.2. The highest BCUT2D eigenvalue weighted by molar-refractivity contribution is 6.03. The fraction of sp³-hybridized carbons (Fsp3) is 0.316. The van der Waals surface area contributed by atoms with Gasteiger partial charge in [-0.15, -0.1) is 0 Å². The lowest BCUT2D eigenvalue weighted by atomic mass is 10.0. The van der Waals surface area contributed by atoms with Crippen LogP contribution >= 0.6 is 0 Å². The predicted octanol–water partition coefficient (Wildman–Crippen LogP) is 3.37. The molecule has 0 saturated carbocycles. The van der Waals surface area contributed by atoms with Gasteiger partial charge < -0.3 is 24.9 Å². The van der Waals surface area contributed by atoms with Crippen molar-refractivity contribution in [3.05, 3.63) is 42.4 Å². The number of anilines is 2. The molecule has 1 heterocycles. The van der Waals surface area contributed by atoms with E-state index < -0.39 is 18.5 Å². The van der Waals surface area contributed by atoms with Gasteiger partial charge >= 0.3 is 5.97 Å². The van der Waals surface area contributed by atoms with Crippen LogP contribution in [-0.4, -0.2) is 29.5 Å². The highest BCUT2D eigenvalue weighted by Crippen LogP contribution is 2.29. The third-order valence-corrected chi connectivity index (χ3v) is 3.95. The molecule has 0 radical (unpaired) electrons. The summed E-state index contributed by atoms with van der Waals surface area (Å²) in [5.41, 5.74) is 0.685. The van der Waals surface area contributed by atoms with Crippen LogP contribution in [0.2, 0.25) is 0 Å². The Morgan fingerprint density at radius 3 is 2.48 bits per heavy atom. The SMILES string of the molecule is CCC(CC)C(=O)Nc1cc(NC(=O)c2ccco2)ccc1OCC(=O)O. The fourth-order valence-electron chi connectivity index (χ4n) is 2.47. The Bertz CT molecular complexity index is 797. The van der Waals surface area contributed by atoms with Gasteiger partial charge in [-0.05, 0) is 43.2 Å². The van der Waals surface area contributed by atoms with Crippen molar-refractivity contribution >= 4 is 29.2 Å². The Hall–Kier alpha value is -3.29. The van der Waals surface area contributed by atoms with Crippen molar-refractivity contribution in [2.75, 3.05) is 17.2 Å². The van der Waals surface area contributed by atoms with Gasteiger partial charge in [0, 0.05) is 11.6 Å². The first-order valence-electron chi connectivity index (χ1n) is 8.58. The summed E-state index contributed by atoms with van der Waals surface area (Å²) in [4.78, 5) is 35.3. The molecule has 0 unspecified atom stereocenters. The maximum atomic E-state index is 12.4. The van der Waals surface area contributed by atoms with Gasteiger partial charge in [0.25, 0.3) is 5.91 Å². The first-order valence-corrected chi connectivity index (χ1v) is 8.58. The van der Waals surface area contributed by atoms with E-state index in [1.54, 1.807) is 12.1 Å². The van der Waals surface area contributed by atoms with E-state index in [1.165, 1.54) is 24.5 Å². The molecule has 0 bridgehead atoms. The molecule has 2 aromatic rings. The van der Waals surface area contributed by atoms with Crippen LogP contribution in [0.3, 0.4) is 0 Å². The summed E-state index contributed by atoms with van der Waals surface area (Å²) in [5.74, 6) is -1.62. The van der Waals surface area contributed by atoms with E-state index in [2.05, 4.69) is 10.6 Å². The number of rotatable bonds is 9. The average molecular weight is 374 g/mol. The topological polar surface area (TPSA) is 118 Å². The van der Waals surface area contributed by atoms with Gasteiger partial charge in [0.15, 0.2) is 12.4 Å². The quantitative estimate of drug-likeness (QED) is 0.619. The van der Waals surface area contributed by atoms with Crippen LogP contribution in [0.15, 0.2) is 41.0 Å². The van der Waals surface area contributed by atoms with Gasteiger partial charge in [-0.25, -0.2) is 4.79 Å². The fourth-order valence-corrected chi connectivity index (χ4v) is 2.47. The molecule has 27 heavy (non-hydrogen) atoms. The lowest BCUT2D eigenvalue weighted by Crippen LogP contribution is -2.22. The van der Waals surface area contributed by atoms with Crippen molar-refractivity contribution in [3.8, 4) is 5.75 Å². The Balaban J connectivity index is 2.23. The molecule has 0 saturated heterocycles.